The van der Waals surface area contributed by atoms with E-state index >= 15 is 0 Å². The van der Waals surface area contributed by atoms with Gasteiger partial charge in [-0.3, -0.25) is 4.79 Å². The van der Waals surface area contributed by atoms with Gasteiger partial charge in [0.25, 0.3) is 0 Å². The molecule has 3 aromatic heterocycles. The molecule has 3 heterocycles. The summed E-state index contributed by atoms with van der Waals surface area (Å²) >= 11 is 1.65. The number of nitrogens with zero attached hydrogens (tertiary/aromatic N) is 2. The van der Waals surface area contributed by atoms with Crippen LogP contribution in [0.3, 0.4) is 0 Å². The molecule has 1 aliphatic carbocycles. The summed E-state index contributed by atoms with van der Waals surface area (Å²) in [7, 11) is 0. The molecule has 6 heteroatoms. The third-order valence-corrected chi connectivity index (χ3v) is 5.89. The van der Waals surface area contributed by atoms with Crippen LogP contribution in [0.2, 0.25) is 0 Å². The van der Waals surface area contributed by atoms with Gasteiger partial charge in [-0.2, -0.15) is 0 Å². The lowest BCUT2D eigenvalue weighted by Crippen LogP contribution is -2.41. The minimum Gasteiger partial charge on any atom is -0.393 e. The van der Waals surface area contributed by atoms with E-state index in [-0.39, 0.29) is 18.1 Å². The lowest BCUT2D eigenvalue weighted by Gasteiger charge is -2.37. The highest BCUT2D eigenvalue weighted by molar-refractivity contribution is 7.10. The number of rotatable bonds is 5. The summed E-state index contributed by atoms with van der Waals surface area (Å²) in [5.74, 6) is 0.296. The second kappa shape index (κ2) is 6.61. The van der Waals surface area contributed by atoms with Gasteiger partial charge in [0.2, 0.25) is 5.91 Å². The predicted molar refractivity (Wildman–Crippen MR) is 97.6 cm³/mol. The zero-order valence-corrected chi connectivity index (χ0v) is 14.9. The summed E-state index contributed by atoms with van der Waals surface area (Å²) in [5.41, 5.74) is 2.87. The molecular formula is C19H21N3O2S. The van der Waals surface area contributed by atoms with E-state index in [0.717, 1.165) is 34.6 Å². The zero-order valence-electron chi connectivity index (χ0n) is 14.1. The Bertz CT molecular complexity index is 881. The van der Waals surface area contributed by atoms with Crippen LogP contribution in [0.5, 0.6) is 0 Å². The molecule has 0 saturated heterocycles. The molecule has 4 rings (SSSR count). The van der Waals surface area contributed by atoms with E-state index in [9.17, 15) is 9.90 Å². The Kier molecular flexibility index (Phi) is 4.31. The number of aliphatic hydroxyl groups is 1. The van der Waals surface area contributed by atoms with Crippen molar-refractivity contribution in [3.8, 4) is 0 Å². The maximum atomic E-state index is 12.7. The van der Waals surface area contributed by atoms with Gasteiger partial charge in [-0.1, -0.05) is 12.1 Å². The number of aliphatic hydroxyl groups excluding tert-OH is 1. The number of imidazole rings is 1. The van der Waals surface area contributed by atoms with E-state index in [4.69, 9.17) is 0 Å². The highest BCUT2D eigenvalue weighted by Gasteiger charge is 2.36. The fourth-order valence-electron chi connectivity index (χ4n) is 3.51. The monoisotopic (exact) mass is 355 g/mol. The summed E-state index contributed by atoms with van der Waals surface area (Å²) in [4.78, 5) is 18.2. The van der Waals surface area contributed by atoms with E-state index in [2.05, 4.69) is 16.4 Å². The van der Waals surface area contributed by atoms with Crippen LogP contribution in [0.4, 0.5) is 0 Å². The molecule has 1 atom stereocenters. The van der Waals surface area contributed by atoms with Gasteiger partial charge in [0.15, 0.2) is 0 Å². The Morgan fingerprint density at radius 1 is 1.44 bits per heavy atom. The largest absolute Gasteiger partial charge is 0.393 e. The van der Waals surface area contributed by atoms with Gasteiger partial charge in [-0.05, 0) is 48.8 Å². The molecule has 5 nitrogen and oxygen atoms in total. The number of hydrogen-bond donors (Lipinski definition) is 2. The fourth-order valence-corrected chi connectivity index (χ4v) is 4.38. The fraction of sp³-hybridized carbons (Fsp3) is 0.368. The normalized spacial score (nSPS) is 21.0. The van der Waals surface area contributed by atoms with Crippen LogP contribution in [0.1, 0.15) is 35.0 Å². The Balaban J connectivity index is 1.50. The highest BCUT2D eigenvalue weighted by atomic mass is 32.1. The molecule has 0 radical (unpaired) electrons. The second-order valence-electron chi connectivity index (χ2n) is 6.76. The third kappa shape index (κ3) is 3.19. The Morgan fingerprint density at radius 2 is 2.28 bits per heavy atom. The quantitative estimate of drug-likeness (QED) is 0.739. The first kappa shape index (κ1) is 16.3. The van der Waals surface area contributed by atoms with Gasteiger partial charge in [0, 0.05) is 17.3 Å². The number of carbonyl (C=O) groups is 1. The van der Waals surface area contributed by atoms with Crippen LogP contribution in [0.15, 0.2) is 42.0 Å². The first-order valence-electron chi connectivity index (χ1n) is 8.54. The second-order valence-corrected chi connectivity index (χ2v) is 7.74. The van der Waals surface area contributed by atoms with E-state index in [1.54, 1.807) is 17.5 Å². The Labute approximate surface area is 150 Å². The summed E-state index contributed by atoms with van der Waals surface area (Å²) in [6.45, 7) is 2.01. The average Bonchev–Trinajstić information content (AvgIpc) is 3.21. The van der Waals surface area contributed by atoms with E-state index in [1.165, 1.54) is 0 Å². The molecule has 2 N–H and O–H groups in total. The standard InChI is InChI=1S/C19H21N3O2S/c1-12-4-2-6-22-14(11-20-19(12)22)10-17(24)21-18(13-8-15(23)9-13)16-5-3-7-25-16/h2-7,11,13,15,18,23H,8-10H2,1H3,(H,21,24)/t13?,15?,18-/m0/s1. The van der Waals surface area contributed by atoms with Gasteiger partial charge in [0.1, 0.15) is 5.65 Å². The van der Waals surface area contributed by atoms with Crippen molar-refractivity contribution in [3.63, 3.8) is 0 Å². The van der Waals surface area contributed by atoms with Gasteiger partial charge < -0.3 is 14.8 Å². The molecule has 0 spiro atoms. The summed E-state index contributed by atoms with van der Waals surface area (Å²) in [5, 5.41) is 14.8. The smallest absolute Gasteiger partial charge is 0.226 e. The van der Waals surface area contributed by atoms with Gasteiger partial charge in [-0.15, -0.1) is 11.3 Å². The molecule has 1 aliphatic rings. The third-order valence-electron chi connectivity index (χ3n) is 4.94. The van der Waals surface area contributed by atoms with Crippen molar-refractivity contribution in [2.24, 2.45) is 5.92 Å². The molecule has 130 valence electrons. The van der Waals surface area contributed by atoms with Crippen molar-refractivity contribution >= 4 is 22.9 Å². The molecule has 0 bridgehead atoms. The van der Waals surface area contributed by atoms with Crippen LogP contribution in [0.25, 0.3) is 5.65 Å². The number of aromatic nitrogens is 2. The summed E-state index contributed by atoms with van der Waals surface area (Å²) < 4.78 is 1.97. The number of thiophene rings is 1. The van der Waals surface area contributed by atoms with Crippen molar-refractivity contribution in [1.29, 1.82) is 0 Å². The van der Waals surface area contributed by atoms with Crippen LogP contribution >= 0.6 is 11.3 Å². The molecule has 0 aliphatic heterocycles. The molecule has 1 saturated carbocycles. The van der Waals surface area contributed by atoms with Gasteiger partial charge >= 0.3 is 0 Å². The lowest BCUT2D eigenvalue weighted by atomic mass is 9.76. The predicted octanol–water partition coefficient (Wildman–Crippen LogP) is 2.88. The molecule has 0 unspecified atom stereocenters. The number of amides is 1. The van der Waals surface area contributed by atoms with Crippen LogP contribution in [-0.4, -0.2) is 26.5 Å². The summed E-state index contributed by atoms with van der Waals surface area (Å²) in [6.07, 6.45) is 5.27. The minimum atomic E-state index is -0.230. The van der Waals surface area contributed by atoms with Crippen molar-refractivity contribution in [1.82, 2.24) is 14.7 Å². The Morgan fingerprint density at radius 3 is 3.00 bits per heavy atom. The molecule has 1 fully saturated rings. The van der Waals surface area contributed by atoms with Gasteiger partial charge in [0.05, 0.1) is 24.3 Å². The first-order chi connectivity index (χ1) is 12.1. The first-order valence-corrected chi connectivity index (χ1v) is 9.42. The average molecular weight is 355 g/mol. The minimum absolute atomic E-state index is 0.0110. The SMILES string of the molecule is Cc1cccn2c(CC(=O)N[C@H](c3cccs3)C3CC(O)C3)cnc12. The highest BCUT2D eigenvalue weighted by Crippen LogP contribution is 2.39. The molecular weight excluding hydrogens is 334 g/mol. The number of hydrogen-bond acceptors (Lipinski definition) is 4. The number of nitrogens with one attached hydrogen (secondary N) is 1. The Hall–Kier alpha value is -2.18. The van der Waals surface area contributed by atoms with E-state index < -0.39 is 0 Å². The topological polar surface area (TPSA) is 66.6 Å². The molecule has 25 heavy (non-hydrogen) atoms. The zero-order chi connectivity index (χ0) is 17.4. The van der Waals surface area contributed by atoms with E-state index in [1.807, 2.05) is 41.1 Å². The van der Waals surface area contributed by atoms with Crippen molar-refractivity contribution in [2.75, 3.05) is 0 Å². The van der Waals surface area contributed by atoms with Crippen molar-refractivity contribution in [3.05, 3.63) is 58.2 Å². The van der Waals surface area contributed by atoms with Crippen molar-refractivity contribution in [2.45, 2.75) is 38.3 Å². The number of carbonyl (C=O) groups excluding carboxylic acids is 1. The maximum absolute atomic E-state index is 12.7. The molecule has 0 aromatic carbocycles. The van der Waals surface area contributed by atoms with Crippen LogP contribution in [0, 0.1) is 12.8 Å². The molecule has 3 aromatic rings. The van der Waals surface area contributed by atoms with E-state index in [0.29, 0.717) is 12.3 Å². The lowest BCUT2D eigenvalue weighted by molar-refractivity contribution is -0.122. The van der Waals surface area contributed by atoms with Gasteiger partial charge in [-0.25, -0.2) is 4.98 Å². The number of aryl methyl sites for hydroxylation is 1. The number of fused-ring (bicyclic) bond motifs is 1. The van der Waals surface area contributed by atoms with Crippen LogP contribution in [-0.2, 0) is 11.2 Å². The van der Waals surface area contributed by atoms with Crippen LogP contribution < -0.4 is 5.32 Å². The molecule has 1 amide bonds. The summed E-state index contributed by atoms with van der Waals surface area (Å²) in [6, 6.07) is 8.02. The van der Waals surface area contributed by atoms with Crippen molar-refractivity contribution < 1.29 is 9.90 Å². The maximum Gasteiger partial charge on any atom is 0.226 e. The number of pyridine rings is 1.